The largest absolute Gasteiger partial charge is 0.207 e. The van der Waals surface area contributed by atoms with Crippen molar-refractivity contribution in [3.63, 3.8) is 0 Å². The molecule has 3 rings (SSSR count). The van der Waals surface area contributed by atoms with Crippen molar-refractivity contribution in [3.8, 4) is 11.8 Å². The van der Waals surface area contributed by atoms with Gasteiger partial charge in [-0.05, 0) is 85.4 Å². The van der Waals surface area contributed by atoms with Crippen LogP contribution < -0.4 is 0 Å². The highest BCUT2D eigenvalue weighted by Crippen LogP contribution is 2.36. The molecule has 0 unspecified atom stereocenters. The second-order valence-electron chi connectivity index (χ2n) is 6.84. The Morgan fingerprint density at radius 3 is 2.28 bits per heavy atom. The number of halogens is 1. The Morgan fingerprint density at radius 1 is 0.960 bits per heavy atom. The summed E-state index contributed by atoms with van der Waals surface area (Å²) in [6, 6.07) is 15.5. The maximum atomic E-state index is 12.8. The Kier molecular flexibility index (Phi) is 6.07. The molecule has 0 radical (unpaired) electrons. The van der Waals surface area contributed by atoms with Gasteiger partial charge < -0.3 is 0 Å². The summed E-state index contributed by atoms with van der Waals surface area (Å²) in [5.74, 6) is 7.25. The summed E-state index contributed by atoms with van der Waals surface area (Å²) in [4.78, 5) is 0. The fourth-order valence-electron chi connectivity index (χ4n) is 3.51. The summed E-state index contributed by atoms with van der Waals surface area (Å²) >= 11 is 0. The van der Waals surface area contributed by atoms with Crippen LogP contribution in [0.1, 0.15) is 55.2 Å². The fourth-order valence-corrected chi connectivity index (χ4v) is 3.51. The topological polar surface area (TPSA) is 0 Å². The molecule has 1 heteroatoms. The Morgan fingerprint density at radius 2 is 1.64 bits per heavy atom. The molecule has 0 N–H and O–H groups in total. The molecular formula is C24H25F. The zero-order chi connectivity index (χ0) is 17.5. The third-order valence-electron chi connectivity index (χ3n) is 5.14. The minimum Gasteiger partial charge on any atom is -0.207 e. The van der Waals surface area contributed by atoms with Crippen LogP contribution in [-0.2, 0) is 6.42 Å². The molecule has 1 saturated carbocycles. The molecule has 1 aliphatic carbocycles. The first-order valence-electron chi connectivity index (χ1n) is 9.27. The second kappa shape index (κ2) is 8.67. The van der Waals surface area contributed by atoms with Crippen LogP contribution in [0, 0.1) is 23.6 Å². The van der Waals surface area contributed by atoms with E-state index in [4.69, 9.17) is 0 Å². The van der Waals surface area contributed by atoms with Gasteiger partial charge >= 0.3 is 0 Å². The standard InChI is InChI=1S/C24H25F/c1-2-19-7-13-22(14-8-19)23-15-9-20(10-16-23)5-3-4-6-21-11-17-24(25)18-12-21/h3,5,7-8,11-14,17-18,20,23H,2,9-10,15-16H2,1H3/b5-3+/t20-,23-. The highest BCUT2D eigenvalue weighted by atomic mass is 19.1. The smallest absolute Gasteiger partial charge is 0.123 e. The lowest BCUT2D eigenvalue weighted by Crippen LogP contribution is -2.11. The maximum Gasteiger partial charge on any atom is 0.123 e. The average Bonchev–Trinajstić information content (AvgIpc) is 2.67. The zero-order valence-corrected chi connectivity index (χ0v) is 14.8. The van der Waals surface area contributed by atoms with Crippen LogP contribution in [0.25, 0.3) is 0 Å². The van der Waals surface area contributed by atoms with Gasteiger partial charge in [0.2, 0.25) is 0 Å². The monoisotopic (exact) mass is 332 g/mol. The van der Waals surface area contributed by atoms with E-state index in [2.05, 4.69) is 49.1 Å². The molecule has 0 saturated heterocycles. The van der Waals surface area contributed by atoms with Crippen LogP contribution in [0.5, 0.6) is 0 Å². The summed E-state index contributed by atoms with van der Waals surface area (Å²) in [7, 11) is 0. The molecule has 0 amide bonds. The van der Waals surface area contributed by atoms with Gasteiger partial charge in [-0.3, -0.25) is 0 Å². The number of hydrogen-bond donors (Lipinski definition) is 0. The van der Waals surface area contributed by atoms with Gasteiger partial charge in [0.1, 0.15) is 5.82 Å². The highest BCUT2D eigenvalue weighted by Gasteiger charge is 2.20. The summed E-state index contributed by atoms with van der Waals surface area (Å²) in [5.41, 5.74) is 3.76. The van der Waals surface area contributed by atoms with Crippen molar-refractivity contribution in [1.29, 1.82) is 0 Å². The normalized spacial score (nSPS) is 20.2. The van der Waals surface area contributed by atoms with Crippen molar-refractivity contribution < 1.29 is 4.39 Å². The van der Waals surface area contributed by atoms with E-state index in [1.165, 1.54) is 48.9 Å². The number of hydrogen-bond acceptors (Lipinski definition) is 0. The average molecular weight is 332 g/mol. The van der Waals surface area contributed by atoms with Crippen molar-refractivity contribution in [3.05, 3.63) is 83.2 Å². The molecule has 2 aromatic carbocycles. The fraction of sp³-hybridized carbons (Fsp3) is 0.333. The Hall–Kier alpha value is -2.33. The number of rotatable bonds is 3. The molecule has 0 nitrogen and oxygen atoms in total. The van der Waals surface area contributed by atoms with Gasteiger partial charge in [-0.25, -0.2) is 4.39 Å². The minimum absolute atomic E-state index is 0.220. The summed E-state index contributed by atoms with van der Waals surface area (Å²) in [6.07, 6.45) is 10.3. The molecule has 2 aromatic rings. The van der Waals surface area contributed by atoms with E-state index in [1.54, 1.807) is 12.1 Å². The van der Waals surface area contributed by atoms with E-state index in [1.807, 2.05) is 6.08 Å². The summed E-state index contributed by atoms with van der Waals surface area (Å²) in [6.45, 7) is 2.20. The van der Waals surface area contributed by atoms with Crippen molar-refractivity contribution in [1.82, 2.24) is 0 Å². The van der Waals surface area contributed by atoms with Gasteiger partial charge in [-0.2, -0.15) is 0 Å². The predicted octanol–water partition coefficient (Wildman–Crippen LogP) is 6.27. The molecule has 25 heavy (non-hydrogen) atoms. The van der Waals surface area contributed by atoms with E-state index in [-0.39, 0.29) is 5.82 Å². The molecule has 0 bridgehead atoms. The first kappa shape index (κ1) is 17.5. The van der Waals surface area contributed by atoms with E-state index in [9.17, 15) is 4.39 Å². The van der Waals surface area contributed by atoms with Gasteiger partial charge in [0.15, 0.2) is 0 Å². The Balaban J connectivity index is 1.49. The first-order chi connectivity index (χ1) is 12.2. The minimum atomic E-state index is -0.220. The molecular weight excluding hydrogens is 307 g/mol. The van der Waals surface area contributed by atoms with Crippen LogP contribution in [-0.4, -0.2) is 0 Å². The predicted molar refractivity (Wildman–Crippen MR) is 103 cm³/mol. The number of benzene rings is 2. The quantitative estimate of drug-likeness (QED) is 0.581. The zero-order valence-electron chi connectivity index (χ0n) is 14.8. The van der Waals surface area contributed by atoms with Crippen LogP contribution >= 0.6 is 0 Å². The lowest BCUT2D eigenvalue weighted by atomic mass is 9.78. The lowest BCUT2D eigenvalue weighted by Gasteiger charge is -2.27. The summed E-state index contributed by atoms with van der Waals surface area (Å²) < 4.78 is 12.8. The Bertz CT molecular complexity index is 748. The van der Waals surface area contributed by atoms with E-state index in [0.717, 1.165) is 12.0 Å². The molecule has 1 fully saturated rings. The SMILES string of the molecule is CCc1ccc([C@H]2CC[C@H](/C=C/C#Cc3ccc(F)cc3)CC2)cc1. The number of aryl methyl sites for hydroxylation is 1. The van der Waals surface area contributed by atoms with Crippen molar-refractivity contribution in [2.45, 2.75) is 44.9 Å². The van der Waals surface area contributed by atoms with Crippen LogP contribution in [0.15, 0.2) is 60.7 Å². The Labute approximate surface area is 150 Å². The molecule has 128 valence electrons. The van der Waals surface area contributed by atoms with Crippen molar-refractivity contribution >= 4 is 0 Å². The van der Waals surface area contributed by atoms with Crippen molar-refractivity contribution in [2.75, 3.05) is 0 Å². The lowest BCUT2D eigenvalue weighted by molar-refractivity contribution is 0.376. The van der Waals surface area contributed by atoms with Gasteiger partial charge in [0, 0.05) is 5.56 Å². The van der Waals surface area contributed by atoms with E-state index in [0.29, 0.717) is 11.8 Å². The van der Waals surface area contributed by atoms with E-state index >= 15 is 0 Å². The van der Waals surface area contributed by atoms with Gasteiger partial charge in [0.25, 0.3) is 0 Å². The molecule has 0 aliphatic heterocycles. The number of allylic oxidation sites excluding steroid dienone is 2. The molecule has 0 spiro atoms. The third kappa shape index (κ3) is 5.07. The third-order valence-corrected chi connectivity index (χ3v) is 5.14. The maximum absolute atomic E-state index is 12.8. The molecule has 0 atom stereocenters. The van der Waals surface area contributed by atoms with Crippen LogP contribution in [0.2, 0.25) is 0 Å². The highest BCUT2D eigenvalue weighted by molar-refractivity contribution is 5.37. The van der Waals surface area contributed by atoms with Gasteiger partial charge in [0.05, 0.1) is 0 Å². The molecule has 0 aromatic heterocycles. The van der Waals surface area contributed by atoms with Crippen LogP contribution in [0.4, 0.5) is 4.39 Å². The summed E-state index contributed by atoms with van der Waals surface area (Å²) in [5, 5.41) is 0. The van der Waals surface area contributed by atoms with Crippen LogP contribution in [0.3, 0.4) is 0 Å². The first-order valence-corrected chi connectivity index (χ1v) is 9.27. The van der Waals surface area contributed by atoms with Gasteiger partial charge in [-0.15, -0.1) is 0 Å². The van der Waals surface area contributed by atoms with E-state index < -0.39 is 0 Å². The molecule has 1 aliphatic rings. The molecule has 0 heterocycles. The second-order valence-corrected chi connectivity index (χ2v) is 6.84. The van der Waals surface area contributed by atoms with Crippen molar-refractivity contribution in [2.24, 2.45) is 5.92 Å². The van der Waals surface area contributed by atoms with Gasteiger partial charge in [-0.1, -0.05) is 49.1 Å².